The molecule has 11 nitrogen and oxygen atoms in total. The molecule has 0 bridgehead atoms. The van der Waals surface area contributed by atoms with Gasteiger partial charge in [0.1, 0.15) is 5.75 Å². The van der Waals surface area contributed by atoms with Gasteiger partial charge in [0.25, 0.3) is 5.56 Å². The van der Waals surface area contributed by atoms with E-state index in [1.807, 2.05) is 43.1 Å². The van der Waals surface area contributed by atoms with Gasteiger partial charge >= 0.3 is 6.09 Å². The average molecular weight is 602 g/mol. The summed E-state index contributed by atoms with van der Waals surface area (Å²) in [6, 6.07) is 8.26. The lowest BCUT2D eigenvalue weighted by molar-refractivity contribution is 0.0489. The van der Waals surface area contributed by atoms with Crippen LogP contribution in [0.5, 0.6) is 17.2 Å². The molecule has 0 radical (unpaired) electrons. The van der Waals surface area contributed by atoms with Crippen LogP contribution in [0.15, 0.2) is 35.3 Å². The first-order chi connectivity index (χ1) is 21.3. The highest BCUT2D eigenvalue weighted by molar-refractivity contribution is 6.15. The van der Waals surface area contributed by atoms with E-state index in [1.54, 1.807) is 7.11 Å². The predicted molar refractivity (Wildman–Crippen MR) is 168 cm³/mol. The monoisotopic (exact) mass is 601 g/mol. The Labute approximate surface area is 255 Å². The Hall–Kier alpha value is -4.09. The fourth-order valence-electron chi connectivity index (χ4n) is 7.36. The van der Waals surface area contributed by atoms with E-state index in [9.17, 15) is 14.7 Å². The number of benzene rings is 2. The highest BCUT2D eigenvalue weighted by Crippen LogP contribution is 2.43. The lowest BCUT2D eigenvalue weighted by Crippen LogP contribution is -2.49. The number of methoxy groups -OCH3 is 1. The molecule has 0 aliphatic carbocycles. The van der Waals surface area contributed by atoms with Gasteiger partial charge in [0.2, 0.25) is 6.79 Å². The van der Waals surface area contributed by atoms with Crippen LogP contribution in [0.3, 0.4) is 0 Å². The number of amides is 1. The van der Waals surface area contributed by atoms with Crippen LogP contribution in [0.2, 0.25) is 0 Å². The fourth-order valence-corrected chi connectivity index (χ4v) is 7.36. The van der Waals surface area contributed by atoms with Gasteiger partial charge in [-0.25, -0.2) is 4.79 Å². The third-order valence-corrected chi connectivity index (χ3v) is 9.62. The maximum absolute atomic E-state index is 14.5. The van der Waals surface area contributed by atoms with Crippen LogP contribution in [0, 0.1) is 0 Å². The molecule has 11 heteroatoms. The molecule has 2 aromatic heterocycles. The number of piperidine rings is 2. The van der Waals surface area contributed by atoms with Crippen molar-refractivity contribution in [3.63, 3.8) is 0 Å². The third-order valence-electron chi connectivity index (χ3n) is 9.62. The standard InChI is InChI=1S/C33H39N5O6/c1-35(2)12-13-38-31-23-16-29-30(44-19-43-29)17-26(23)34-18-25(31)21-15-28(42-3)24(14-22(21)32(38)39)27-6-4-5-9-37(27)20-7-10-36(11-8-20)33(40)41/h14-18,20,27H,4-13,19H2,1-3H3,(H,40,41). The topological polar surface area (TPSA) is 110 Å². The molecule has 2 aromatic carbocycles. The molecule has 1 amide bonds. The maximum Gasteiger partial charge on any atom is 0.407 e. The first-order valence-electron chi connectivity index (χ1n) is 15.5. The van der Waals surface area contributed by atoms with E-state index in [4.69, 9.17) is 19.2 Å². The molecule has 1 unspecified atom stereocenters. The Balaban J connectivity index is 1.40. The highest BCUT2D eigenvalue weighted by atomic mass is 16.7. The number of nitrogens with zero attached hydrogens (tertiary/aromatic N) is 5. The number of fused-ring (bicyclic) bond motifs is 6. The molecule has 3 aliphatic rings. The van der Waals surface area contributed by atoms with E-state index in [2.05, 4.69) is 15.9 Å². The quantitative estimate of drug-likeness (QED) is 0.315. The minimum absolute atomic E-state index is 0.0412. The molecular formula is C33H39N5O6. The van der Waals surface area contributed by atoms with Gasteiger partial charge in [-0.15, -0.1) is 0 Å². The summed E-state index contributed by atoms with van der Waals surface area (Å²) in [5.74, 6) is 2.07. The van der Waals surface area contributed by atoms with E-state index in [0.29, 0.717) is 43.1 Å². The summed E-state index contributed by atoms with van der Waals surface area (Å²) in [7, 11) is 5.71. The number of aromatic nitrogens is 2. The van der Waals surface area contributed by atoms with Gasteiger partial charge in [-0.2, -0.15) is 0 Å². The van der Waals surface area contributed by atoms with E-state index in [0.717, 1.165) is 77.2 Å². The van der Waals surface area contributed by atoms with Crippen molar-refractivity contribution in [2.45, 2.75) is 50.7 Å². The van der Waals surface area contributed by atoms with Crippen molar-refractivity contribution >= 4 is 38.7 Å². The Morgan fingerprint density at radius 1 is 1.00 bits per heavy atom. The SMILES string of the molecule is COc1cc2c(cc1C1CCCCN1C1CCN(C(=O)O)CC1)c(=O)n(CCN(C)C)c1c3cc4c(cc3ncc21)OCO4. The van der Waals surface area contributed by atoms with Crippen molar-refractivity contribution in [3.8, 4) is 17.2 Å². The smallest absolute Gasteiger partial charge is 0.407 e. The first-order valence-corrected chi connectivity index (χ1v) is 15.5. The van der Waals surface area contributed by atoms with Crippen molar-refractivity contribution in [1.82, 2.24) is 24.3 Å². The molecule has 7 rings (SSSR count). The van der Waals surface area contributed by atoms with Gasteiger partial charge in [-0.3, -0.25) is 14.7 Å². The summed E-state index contributed by atoms with van der Waals surface area (Å²) in [5, 5.41) is 12.7. The predicted octanol–water partition coefficient (Wildman–Crippen LogP) is 4.67. The third kappa shape index (κ3) is 4.88. The van der Waals surface area contributed by atoms with Crippen LogP contribution in [-0.4, -0.2) is 95.7 Å². The van der Waals surface area contributed by atoms with Crippen molar-refractivity contribution in [3.05, 3.63) is 46.4 Å². The van der Waals surface area contributed by atoms with Crippen LogP contribution < -0.4 is 19.8 Å². The molecule has 1 N–H and O–H groups in total. The molecule has 0 saturated carbocycles. The number of hydrogen-bond donors (Lipinski definition) is 1. The van der Waals surface area contributed by atoms with Crippen molar-refractivity contribution in [2.75, 3.05) is 54.2 Å². The molecular weight excluding hydrogens is 562 g/mol. The van der Waals surface area contributed by atoms with E-state index < -0.39 is 6.09 Å². The molecule has 0 spiro atoms. The van der Waals surface area contributed by atoms with Crippen LogP contribution in [-0.2, 0) is 6.54 Å². The van der Waals surface area contributed by atoms with E-state index >= 15 is 0 Å². The number of hydrogen-bond acceptors (Lipinski definition) is 8. The number of carbonyl (C=O) groups is 1. The second-order valence-corrected chi connectivity index (χ2v) is 12.4. The van der Waals surface area contributed by atoms with Gasteiger partial charge < -0.3 is 33.7 Å². The van der Waals surface area contributed by atoms with Crippen molar-refractivity contribution in [1.29, 1.82) is 0 Å². The Morgan fingerprint density at radius 3 is 2.50 bits per heavy atom. The van der Waals surface area contributed by atoms with Crippen LogP contribution >= 0.6 is 0 Å². The van der Waals surface area contributed by atoms with Gasteiger partial charge in [-0.05, 0) is 64.5 Å². The van der Waals surface area contributed by atoms with Gasteiger partial charge in [0.15, 0.2) is 11.5 Å². The minimum atomic E-state index is -0.847. The van der Waals surface area contributed by atoms with Crippen molar-refractivity contribution < 1.29 is 24.1 Å². The fraction of sp³-hybridized carbons (Fsp3) is 0.485. The summed E-state index contributed by atoms with van der Waals surface area (Å²) in [6.07, 6.45) is 5.77. The summed E-state index contributed by atoms with van der Waals surface area (Å²) < 4.78 is 19.3. The van der Waals surface area contributed by atoms with Gasteiger partial charge in [-0.1, -0.05) is 6.42 Å². The molecule has 44 heavy (non-hydrogen) atoms. The van der Waals surface area contributed by atoms with Gasteiger partial charge in [0, 0.05) is 77.6 Å². The number of likely N-dealkylation sites (N-methyl/N-ethyl adjacent to an activating group) is 1. The van der Waals surface area contributed by atoms with Crippen molar-refractivity contribution in [2.24, 2.45) is 0 Å². The molecule has 4 aromatic rings. The number of likely N-dealkylation sites (tertiary alicyclic amines) is 2. The zero-order chi connectivity index (χ0) is 30.5. The van der Waals surface area contributed by atoms with Gasteiger partial charge in [0.05, 0.1) is 18.1 Å². The Kier molecular flexibility index (Phi) is 7.45. The minimum Gasteiger partial charge on any atom is -0.496 e. The molecule has 2 saturated heterocycles. The lowest BCUT2D eigenvalue weighted by atomic mass is 9.89. The van der Waals surface area contributed by atoms with E-state index in [-0.39, 0.29) is 24.4 Å². The second-order valence-electron chi connectivity index (χ2n) is 12.4. The molecule has 5 heterocycles. The average Bonchev–Trinajstić information content (AvgIpc) is 3.50. The molecule has 3 aliphatic heterocycles. The largest absolute Gasteiger partial charge is 0.496 e. The highest BCUT2D eigenvalue weighted by Gasteiger charge is 2.35. The molecule has 1 atom stereocenters. The number of pyridine rings is 2. The Morgan fingerprint density at radius 2 is 1.77 bits per heavy atom. The zero-order valence-electron chi connectivity index (χ0n) is 25.5. The molecule has 232 valence electrons. The summed E-state index contributed by atoms with van der Waals surface area (Å²) >= 11 is 0. The summed E-state index contributed by atoms with van der Waals surface area (Å²) in [6.45, 7) is 3.41. The summed E-state index contributed by atoms with van der Waals surface area (Å²) in [4.78, 5) is 37.0. The lowest BCUT2D eigenvalue weighted by Gasteiger charge is -2.44. The normalized spacial score (nSPS) is 19.5. The first kappa shape index (κ1) is 28.7. The maximum atomic E-state index is 14.5. The van der Waals surface area contributed by atoms with Crippen LogP contribution in [0.1, 0.15) is 43.7 Å². The number of ether oxygens (including phenoxy) is 3. The van der Waals surface area contributed by atoms with E-state index in [1.165, 1.54) is 4.90 Å². The summed E-state index contributed by atoms with van der Waals surface area (Å²) in [5.41, 5.74) is 2.55. The Bertz CT molecular complexity index is 1810. The number of carboxylic acid groups (broad SMARTS) is 1. The second kappa shape index (κ2) is 11.4. The number of rotatable bonds is 6. The van der Waals surface area contributed by atoms with Crippen LogP contribution in [0.25, 0.3) is 32.6 Å². The molecule has 2 fully saturated rings. The van der Waals surface area contributed by atoms with Crippen LogP contribution in [0.4, 0.5) is 4.79 Å². The zero-order valence-corrected chi connectivity index (χ0v) is 25.5.